The SMILES string of the molecule is CC(C)Cn1c(O)c(C(=O)NC(C)C(F)(F)F)c(=O)n2nc(N)c(/C=C/C(=O)N3CCC(F)(F)CC3)c12.Cl. The quantitative estimate of drug-likeness (QED) is 0.361. The molecule has 1 fully saturated rings. The van der Waals surface area contributed by atoms with Crippen molar-refractivity contribution in [3.8, 4) is 5.88 Å². The third-order valence-electron chi connectivity index (χ3n) is 5.88. The standard InChI is InChI=1S/C22H27F5N6O4.ClH/c1-11(2)10-32-18-13(4-5-14(34)31-8-6-21(23,24)7-9-31)16(28)30-33(18)20(37)15(19(32)36)17(35)29-12(3)22(25,26)27;/h4-5,11-12,36H,6-10H2,1-3H3,(H2,28,30)(H,29,35);1H/b5-4+;. The Morgan fingerprint density at radius 1 is 1.21 bits per heavy atom. The van der Waals surface area contributed by atoms with Crippen molar-refractivity contribution >= 4 is 41.8 Å². The fourth-order valence-electron chi connectivity index (χ4n) is 3.84. The van der Waals surface area contributed by atoms with E-state index < -0.39 is 59.8 Å². The number of rotatable bonds is 6. The van der Waals surface area contributed by atoms with Crippen LogP contribution >= 0.6 is 12.4 Å². The van der Waals surface area contributed by atoms with Crippen LogP contribution in [0.5, 0.6) is 5.88 Å². The van der Waals surface area contributed by atoms with E-state index in [1.165, 1.54) is 11.0 Å². The second-order valence-corrected chi connectivity index (χ2v) is 9.29. The molecule has 0 saturated carbocycles. The predicted octanol–water partition coefficient (Wildman–Crippen LogP) is 2.81. The van der Waals surface area contributed by atoms with Gasteiger partial charge in [0, 0.05) is 38.6 Å². The van der Waals surface area contributed by atoms with Crippen molar-refractivity contribution < 1.29 is 36.6 Å². The van der Waals surface area contributed by atoms with Crippen molar-refractivity contribution in [1.82, 2.24) is 24.4 Å². The van der Waals surface area contributed by atoms with Crippen LogP contribution in [0.4, 0.5) is 27.8 Å². The molecule has 2 aromatic rings. The molecule has 0 aromatic carbocycles. The number of likely N-dealkylation sites (tertiary alicyclic amines) is 1. The van der Waals surface area contributed by atoms with E-state index in [0.29, 0.717) is 11.4 Å². The van der Waals surface area contributed by atoms with E-state index in [9.17, 15) is 41.4 Å². The molecule has 212 valence electrons. The van der Waals surface area contributed by atoms with Gasteiger partial charge < -0.3 is 21.1 Å². The molecular formula is C22H28ClF5N6O4. The zero-order chi connectivity index (χ0) is 27.9. The minimum atomic E-state index is -4.79. The molecule has 10 nitrogen and oxygen atoms in total. The first-order chi connectivity index (χ1) is 17.0. The van der Waals surface area contributed by atoms with Crippen LogP contribution in [0.15, 0.2) is 10.9 Å². The topological polar surface area (TPSA) is 135 Å². The van der Waals surface area contributed by atoms with Gasteiger partial charge in [0.15, 0.2) is 17.0 Å². The van der Waals surface area contributed by atoms with Crippen molar-refractivity contribution in [2.75, 3.05) is 18.8 Å². The minimum Gasteiger partial charge on any atom is -0.494 e. The molecule has 0 aliphatic carbocycles. The number of nitrogens with one attached hydrogen (secondary N) is 1. The van der Waals surface area contributed by atoms with Crippen molar-refractivity contribution in [3.63, 3.8) is 0 Å². The Balaban J connectivity index is 0.00000507. The summed E-state index contributed by atoms with van der Waals surface area (Å²) in [4.78, 5) is 39.4. The molecule has 3 heterocycles. The molecule has 1 unspecified atom stereocenters. The number of aromatic hydroxyl groups is 1. The summed E-state index contributed by atoms with van der Waals surface area (Å²) in [7, 11) is 0. The summed E-state index contributed by atoms with van der Waals surface area (Å²) >= 11 is 0. The monoisotopic (exact) mass is 570 g/mol. The molecule has 16 heteroatoms. The Morgan fingerprint density at radius 3 is 2.32 bits per heavy atom. The molecular weight excluding hydrogens is 543 g/mol. The maximum absolute atomic E-state index is 13.4. The smallest absolute Gasteiger partial charge is 0.408 e. The van der Waals surface area contributed by atoms with Gasteiger partial charge in [0.25, 0.3) is 17.4 Å². The maximum atomic E-state index is 13.4. The fourth-order valence-corrected chi connectivity index (χ4v) is 3.84. The van der Waals surface area contributed by atoms with Gasteiger partial charge in [0.1, 0.15) is 6.04 Å². The number of nitrogen functional groups attached to an aromatic ring is 1. The molecule has 2 amide bonds. The number of carbonyl (C=O) groups is 2. The lowest BCUT2D eigenvalue weighted by Gasteiger charge is -2.30. The Kier molecular flexibility index (Phi) is 9.07. The molecule has 1 aliphatic rings. The first kappa shape index (κ1) is 30.9. The number of aromatic nitrogens is 3. The molecule has 38 heavy (non-hydrogen) atoms. The number of amides is 2. The summed E-state index contributed by atoms with van der Waals surface area (Å²) < 4.78 is 67.4. The van der Waals surface area contributed by atoms with Gasteiger partial charge >= 0.3 is 6.18 Å². The lowest BCUT2D eigenvalue weighted by molar-refractivity contribution is -0.149. The number of halogens is 6. The fraction of sp³-hybridized carbons (Fsp3) is 0.545. The summed E-state index contributed by atoms with van der Waals surface area (Å²) in [6.45, 7) is 3.83. The number of nitrogens with zero attached hydrogens (tertiary/aromatic N) is 4. The molecule has 3 rings (SSSR count). The number of anilines is 1. The first-order valence-electron chi connectivity index (χ1n) is 11.4. The maximum Gasteiger partial charge on any atom is 0.408 e. The molecule has 1 saturated heterocycles. The minimum absolute atomic E-state index is 0. The summed E-state index contributed by atoms with van der Waals surface area (Å²) in [5.74, 6) is -6.27. The number of hydrogen-bond acceptors (Lipinski definition) is 6. The van der Waals surface area contributed by atoms with Crippen LogP contribution in [0, 0.1) is 5.92 Å². The van der Waals surface area contributed by atoms with Crippen molar-refractivity contribution in [2.24, 2.45) is 5.92 Å². The van der Waals surface area contributed by atoms with Crippen LogP contribution < -0.4 is 16.6 Å². The third kappa shape index (κ3) is 6.37. The Labute approximate surface area is 219 Å². The lowest BCUT2D eigenvalue weighted by Crippen LogP contribution is -2.45. The van der Waals surface area contributed by atoms with Crippen molar-refractivity contribution in [3.05, 3.63) is 27.6 Å². The highest BCUT2D eigenvalue weighted by Gasteiger charge is 2.39. The Bertz CT molecular complexity index is 1290. The van der Waals surface area contributed by atoms with Crippen LogP contribution in [0.1, 0.15) is 49.5 Å². The average Bonchev–Trinajstić information content (AvgIpc) is 3.10. The van der Waals surface area contributed by atoms with E-state index in [1.807, 2.05) is 0 Å². The van der Waals surface area contributed by atoms with E-state index in [0.717, 1.165) is 10.6 Å². The normalized spacial score (nSPS) is 16.6. The van der Waals surface area contributed by atoms with E-state index in [2.05, 4.69) is 5.10 Å². The van der Waals surface area contributed by atoms with Gasteiger partial charge in [-0.25, -0.2) is 8.78 Å². The van der Waals surface area contributed by atoms with Gasteiger partial charge in [-0.15, -0.1) is 17.5 Å². The zero-order valence-corrected chi connectivity index (χ0v) is 21.5. The van der Waals surface area contributed by atoms with E-state index in [-0.39, 0.29) is 55.0 Å². The van der Waals surface area contributed by atoms with Crippen LogP contribution in [-0.4, -0.2) is 67.2 Å². The molecule has 1 aliphatic heterocycles. The number of piperidine rings is 1. The number of fused-ring (bicyclic) bond motifs is 1. The molecule has 4 N–H and O–H groups in total. The van der Waals surface area contributed by atoms with Gasteiger partial charge in [0.05, 0.1) is 5.56 Å². The van der Waals surface area contributed by atoms with Gasteiger partial charge in [-0.1, -0.05) is 13.8 Å². The van der Waals surface area contributed by atoms with Crippen molar-refractivity contribution in [2.45, 2.75) is 58.3 Å². The Hall–Kier alpha value is -3.36. The highest BCUT2D eigenvalue weighted by molar-refractivity contribution is 5.97. The summed E-state index contributed by atoms with van der Waals surface area (Å²) in [6, 6.07) is -2.31. The Morgan fingerprint density at radius 2 is 1.79 bits per heavy atom. The van der Waals surface area contributed by atoms with Crippen LogP contribution in [0.3, 0.4) is 0 Å². The van der Waals surface area contributed by atoms with Gasteiger partial charge in [0.2, 0.25) is 11.8 Å². The molecule has 0 bridgehead atoms. The summed E-state index contributed by atoms with van der Waals surface area (Å²) in [5.41, 5.74) is 3.66. The second-order valence-electron chi connectivity index (χ2n) is 9.29. The third-order valence-corrected chi connectivity index (χ3v) is 5.88. The molecule has 0 radical (unpaired) electrons. The number of carbonyl (C=O) groups excluding carboxylic acids is 2. The average molecular weight is 571 g/mol. The van der Waals surface area contributed by atoms with Crippen LogP contribution in [0.2, 0.25) is 0 Å². The van der Waals surface area contributed by atoms with E-state index in [4.69, 9.17) is 5.73 Å². The highest BCUT2D eigenvalue weighted by Crippen LogP contribution is 2.29. The first-order valence-corrected chi connectivity index (χ1v) is 11.4. The zero-order valence-electron chi connectivity index (χ0n) is 20.7. The lowest BCUT2D eigenvalue weighted by atomic mass is 10.1. The molecule has 0 spiro atoms. The number of hydrogen-bond donors (Lipinski definition) is 3. The summed E-state index contributed by atoms with van der Waals surface area (Å²) in [6.07, 6.45) is -3.50. The van der Waals surface area contributed by atoms with E-state index >= 15 is 0 Å². The summed E-state index contributed by atoms with van der Waals surface area (Å²) in [5, 5.41) is 16.3. The largest absolute Gasteiger partial charge is 0.494 e. The van der Waals surface area contributed by atoms with Crippen molar-refractivity contribution in [1.29, 1.82) is 0 Å². The van der Waals surface area contributed by atoms with Crippen LogP contribution in [-0.2, 0) is 11.3 Å². The second kappa shape index (κ2) is 11.2. The highest BCUT2D eigenvalue weighted by atomic mass is 35.5. The molecule has 2 aromatic heterocycles. The van der Waals surface area contributed by atoms with Gasteiger partial charge in [-0.2, -0.15) is 17.7 Å². The van der Waals surface area contributed by atoms with Crippen LogP contribution in [0.25, 0.3) is 11.7 Å². The van der Waals surface area contributed by atoms with Gasteiger partial charge in [-0.3, -0.25) is 19.0 Å². The number of nitrogens with two attached hydrogens (primary N) is 1. The van der Waals surface area contributed by atoms with Gasteiger partial charge in [-0.05, 0) is 18.9 Å². The predicted molar refractivity (Wildman–Crippen MR) is 130 cm³/mol. The van der Waals surface area contributed by atoms with E-state index in [1.54, 1.807) is 19.2 Å². The number of alkyl halides is 5. The molecule has 1 atom stereocenters.